The van der Waals surface area contributed by atoms with E-state index in [1.165, 1.54) is 12.8 Å². The molecule has 1 aliphatic rings. The summed E-state index contributed by atoms with van der Waals surface area (Å²) in [5.41, 5.74) is 6.87. The fraction of sp³-hybridized carbons (Fsp3) is 0.500. The lowest BCUT2D eigenvalue weighted by Crippen LogP contribution is -2.18. The second kappa shape index (κ2) is 5.63. The summed E-state index contributed by atoms with van der Waals surface area (Å²) in [5, 5.41) is 11.6. The van der Waals surface area contributed by atoms with Crippen molar-refractivity contribution in [3.8, 4) is 0 Å². The summed E-state index contributed by atoms with van der Waals surface area (Å²) in [6.45, 7) is 1.21. The third kappa shape index (κ3) is 3.42. The largest absolute Gasteiger partial charge is 0.409 e. The predicted molar refractivity (Wildman–Crippen MR) is 63.7 cm³/mol. The molecule has 17 heavy (non-hydrogen) atoms. The zero-order chi connectivity index (χ0) is 12.1. The van der Waals surface area contributed by atoms with Crippen molar-refractivity contribution in [1.82, 2.24) is 4.98 Å². The molecule has 1 aromatic rings. The Balaban J connectivity index is 1.89. The van der Waals surface area contributed by atoms with Crippen LogP contribution in [0.25, 0.3) is 0 Å². The minimum Gasteiger partial charge on any atom is -0.409 e. The van der Waals surface area contributed by atoms with Crippen molar-refractivity contribution < 1.29 is 9.94 Å². The summed E-state index contributed by atoms with van der Waals surface area (Å²) < 4.78 is 5.57. The van der Waals surface area contributed by atoms with Crippen molar-refractivity contribution in [3.63, 3.8) is 0 Å². The highest BCUT2D eigenvalue weighted by Gasteiger charge is 2.20. The van der Waals surface area contributed by atoms with Gasteiger partial charge in [-0.1, -0.05) is 24.1 Å². The van der Waals surface area contributed by atoms with Crippen LogP contribution in [-0.2, 0) is 11.3 Å². The van der Waals surface area contributed by atoms with Crippen LogP contribution in [0.15, 0.2) is 23.5 Å². The minimum atomic E-state index is 0.0198. The van der Waals surface area contributed by atoms with Gasteiger partial charge in [-0.2, -0.15) is 0 Å². The number of hydrogen-bond acceptors (Lipinski definition) is 4. The van der Waals surface area contributed by atoms with E-state index in [0.717, 1.165) is 24.5 Å². The van der Waals surface area contributed by atoms with Crippen molar-refractivity contribution in [1.29, 1.82) is 0 Å². The molecule has 0 unspecified atom stereocenters. The number of nitrogens with zero attached hydrogens (tertiary/aromatic N) is 2. The molecule has 0 aromatic carbocycles. The number of hydrogen-bond donors (Lipinski definition) is 2. The Hall–Kier alpha value is -1.62. The van der Waals surface area contributed by atoms with Gasteiger partial charge in [-0.25, -0.2) is 0 Å². The molecule has 0 aliphatic heterocycles. The van der Waals surface area contributed by atoms with Crippen LogP contribution in [-0.4, -0.2) is 22.6 Å². The van der Waals surface area contributed by atoms with E-state index < -0.39 is 0 Å². The number of amidine groups is 1. The second-order valence-corrected chi connectivity index (χ2v) is 4.28. The van der Waals surface area contributed by atoms with Gasteiger partial charge < -0.3 is 15.7 Å². The molecule has 1 fully saturated rings. The Bertz CT molecular complexity index is 402. The molecule has 0 radical (unpaired) electrons. The van der Waals surface area contributed by atoms with Gasteiger partial charge in [-0.3, -0.25) is 4.98 Å². The normalized spacial score (nSPS) is 16.1. The molecule has 0 bridgehead atoms. The van der Waals surface area contributed by atoms with E-state index in [2.05, 4.69) is 10.1 Å². The monoisotopic (exact) mass is 235 g/mol. The average Bonchev–Trinajstić information content (AvgIpc) is 3.18. The lowest BCUT2D eigenvalue weighted by Gasteiger charge is -2.07. The lowest BCUT2D eigenvalue weighted by atomic mass is 10.2. The first-order valence-electron chi connectivity index (χ1n) is 5.81. The van der Waals surface area contributed by atoms with Crippen molar-refractivity contribution in [3.05, 3.63) is 29.6 Å². The Kier molecular flexibility index (Phi) is 3.93. The SMILES string of the molecule is N/C(=N/O)c1ncccc1COCCC1CC1. The lowest BCUT2D eigenvalue weighted by molar-refractivity contribution is 0.115. The summed E-state index contributed by atoms with van der Waals surface area (Å²) in [6, 6.07) is 3.69. The summed E-state index contributed by atoms with van der Waals surface area (Å²) in [7, 11) is 0. The number of ether oxygens (including phenoxy) is 1. The second-order valence-electron chi connectivity index (χ2n) is 4.28. The number of oxime groups is 1. The van der Waals surface area contributed by atoms with Gasteiger partial charge in [-0.05, 0) is 18.4 Å². The molecule has 1 heterocycles. The van der Waals surface area contributed by atoms with Crippen molar-refractivity contribution in [2.75, 3.05) is 6.61 Å². The van der Waals surface area contributed by atoms with Gasteiger partial charge in [0.15, 0.2) is 5.84 Å². The number of nitrogens with two attached hydrogens (primary N) is 1. The molecule has 0 amide bonds. The van der Waals surface area contributed by atoms with Gasteiger partial charge in [0.05, 0.1) is 6.61 Å². The molecular formula is C12H17N3O2. The number of aromatic nitrogens is 1. The van der Waals surface area contributed by atoms with Crippen molar-refractivity contribution in [2.24, 2.45) is 16.8 Å². The third-order valence-corrected chi connectivity index (χ3v) is 2.87. The molecule has 3 N–H and O–H groups in total. The van der Waals surface area contributed by atoms with Gasteiger partial charge in [-0.15, -0.1) is 0 Å². The van der Waals surface area contributed by atoms with E-state index in [1.54, 1.807) is 6.20 Å². The molecule has 1 aliphatic carbocycles. The van der Waals surface area contributed by atoms with Crippen LogP contribution >= 0.6 is 0 Å². The Morgan fingerprint density at radius 3 is 3.12 bits per heavy atom. The first-order chi connectivity index (χ1) is 8.31. The zero-order valence-corrected chi connectivity index (χ0v) is 9.67. The van der Waals surface area contributed by atoms with E-state index in [0.29, 0.717) is 12.3 Å². The highest BCUT2D eigenvalue weighted by molar-refractivity contribution is 5.96. The van der Waals surface area contributed by atoms with E-state index >= 15 is 0 Å². The Labute approximate surface area is 100 Å². The van der Waals surface area contributed by atoms with Crippen LogP contribution in [0.2, 0.25) is 0 Å². The topological polar surface area (TPSA) is 80.7 Å². The Morgan fingerprint density at radius 2 is 2.41 bits per heavy atom. The number of pyridine rings is 1. The molecular weight excluding hydrogens is 218 g/mol. The highest BCUT2D eigenvalue weighted by atomic mass is 16.5. The van der Waals surface area contributed by atoms with Crippen molar-refractivity contribution in [2.45, 2.75) is 25.9 Å². The molecule has 5 nitrogen and oxygen atoms in total. The summed E-state index contributed by atoms with van der Waals surface area (Å²) in [5.74, 6) is 0.888. The summed E-state index contributed by atoms with van der Waals surface area (Å²) >= 11 is 0. The van der Waals surface area contributed by atoms with Crippen LogP contribution in [0.3, 0.4) is 0 Å². The van der Waals surface area contributed by atoms with Crippen LogP contribution in [0.5, 0.6) is 0 Å². The van der Waals surface area contributed by atoms with Gasteiger partial charge in [0.2, 0.25) is 0 Å². The van der Waals surface area contributed by atoms with Crippen molar-refractivity contribution >= 4 is 5.84 Å². The van der Waals surface area contributed by atoms with E-state index in [1.807, 2.05) is 12.1 Å². The Morgan fingerprint density at radius 1 is 1.59 bits per heavy atom. The van der Waals surface area contributed by atoms with Crippen LogP contribution in [0.4, 0.5) is 0 Å². The smallest absolute Gasteiger partial charge is 0.189 e. The van der Waals surface area contributed by atoms with Crippen LogP contribution < -0.4 is 5.73 Å². The van der Waals surface area contributed by atoms with E-state index in [4.69, 9.17) is 15.7 Å². The number of rotatable bonds is 6. The van der Waals surface area contributed by atoms with Gasteiger partial charge >= 0.3 is 0 Å². The maximum atomic E-state index is 8.65. The maximum absolute atomic E-state index is 8.65. The average molecular weight is 235 g/mol. The molecule has 92 valence electrons. The molecule has 5 heteroatoms. The zero-order valence-electron chi connectivity index (χ0n) is 9.67. The molecule has 0 atom stereocenters. The molecule has 1 aromatic heterocycles. The first-order valence-corrected chi connectivity index (χ1v) is 5.81. The quantitative estimate of drug-likeness (QED) is 0.257. The van der Waals surface area contributed by atoms with Gasteiger partial charge in [0.1, 0.15) is 5.69 Å². The highest BCUT2D eigenvalue weighted by Crippen LogP contribution is 2.32. The molecule has 1 saturated carbocycles. The third-order valence-electron chi connectivity index (χ3n) is 2.87. The fourth-order valence-electron chi connectivity index (χ4n) is 1.67. The van der Waals surface area contributed by atoms with E-state index in [9.17, 15) is 0 Å². The van der Waals surface area contributed by atoms with Crippen LogP contribution in [0, 0.1) is 5.92 Å². The minimum absolute atomic E-state index is 0.0198. The summed E-state index contributed by atoms with van der Waals surface area (Å²) in [6.07, 6.45) is 5.41. The first kappa shape index (κ1) is 11.9. The van der Waals surface area contributed by atoms with Gasteiger partial charge in [0, 0.05) is 18.4 Å². The fourth-order valence-corrected chi connectivity index (χ4v) is 1.67. The standard InChI is InChI=1S/C12H17N3O2/c13-12(15-16)11-10(2-1-6-14-11)8-17-7-5-9-3-4-9/h1-2,6,9,16H,3-5,7-8H2,(H2,13,15). The molecule has 0 spiro atoms. The van der Waals surface area contributed by atoms with Gasteiger partial charge in [0.25, 0.3) is 0 Å². The van der Waals surface area contributed by atoms with E-state index in [-0.39, 0.29) is 5.84 Å². The maximum Gasteiger partial charge on any atom is 0.189 e. The van der Waals surface area contributed by atoms with Crippen LogP contribution in [0.1, 0.15) is 30.5 Å². The predicted octanol–water partition coefficient (Wildman–Crippen LogP) is 1.49. The summed E-state index contributed by atoms with van der Waals surface area (Å²) in [4.78, 5) is 4.08. The molecule has 2 rings (SSSR count). The molecule has 0 saturated heterocycles.